The van der Waals surface area contributed by atoms with E-state index >= 15 is 0 Å². The zero-order chi connectivity index (χ0) is 18.4. The van der Waals surface area contributed by atoms with Gasteiger partial charge < -0.3 is 14.9 Å². The van der Waals surface area contributed by atoms with Crippen LogP contribution < -0.4 is 4.74 Å². The summed E-state index contributed by atoms with van der Waals surface area (Å²) in [6, 6.07) is 18.2. The van der Waals surface area contributed by atoms with E-state index in [1.54, 1.807) is 0 Å². The van der Waals surface area contributed by atoms with Gasteiger partial charge >= 0.3 is 5.97 Å². The first-order chi connectivity index (χ1) is 12.6. The fourth-order valence-corrected chi connectivity index (χ4v) is 3.27. The van der Waals surface area contributed by atoms with Crippen molar-refractivity contribution in [2.45, 2.75) is 25.5 Å². The maximum Gasteiger partial charge on any atom is 0.310 e. The van der Waals surface area contributed by atoms with Crippen LogP contribution in [0.25, 0.3) is 0 Å². The number of rotatable bonds is 7. The molecule has 5 heteroatoms. The summed E-state index contributed by atoms with van der Waals surface area (Å²) in [5.41, 5.74) is 2.37. The topological polar surface area (TPSA) is 70.0 Å². The highest BCUT2D eigenvalue weighted by molar-refractivity contribution is 5.71. The normalized spacial score (nSPS) is 20.7. The van der Waals surface area contributed by atoms with E-state index < -0.39 is 18.0 Å². The zero-order valence-electron chi connectivity index (χ0n) is 14.8. The number of carbonyl (C=O) groups is 1. The lowest BCUT2D eigenvalue weighted by atomic mass is 9.94. The third-order valence-corrected chi connectivity index (χ3v) is 4.81. The molecule has 0 amide bonds. The summed E-state index contributed by atoms with van der Waals surface area (Å²) in [5, 5.41) is 19.0. The van der Waals surface area contributed by atoms with Crippen molar-refractivity contribution in [1.82, 2.24) is 4.90 Å². The molecule has 0 aromatic heterocycles. The van der Waals surface area contributed by atoms with Crippen LogP contribution in [-0.2, 0) is 17.8 Å². The molecular formula is C21H25NO4. The number of carboxylic acids is 1. The van der Waals surface area contributed by atoms with Gasteiger partial charge in [0.15, 0.2) is 0 Å². The quantitative estimate of drug-likeness (QED) is 0.799. The van der Waals surface area contributed by atoms with E-state index in [9.17, 15) is 15.0 Å². The highest BCUT2D eigenvalue weighted by Gasteiger charge is 2.32. The number of likely N-dealkylation sites (tertiary alicyclic amines) is 1. The number of carboxylic acid groups (broad SMARTS) is 1. The second-order valence-electron chi connectivity index (χ2n) is 6.76. The molecular weight excluding hydrogens is 330 g/mol. The largest absolute Gasteiger partial charge is 0.493 e. The first kappa shape index (κ1) is 18.4. The zero-order valence-corrected chi connectivity index (χ0v) is 14.8. The molecule has 0 radical (unpaired) electrons. The van der Waals surface area contributed by atoms with Crippen LogP contribution in [0.15, 0.2) is 54.6 Å². The minimum atomic E-state index is -0.927. The Morgan fingerprint density at radius 2 is 1.81 bits per heavy atom. The molecule has 2 N–H and O–H groups in total. The third kappa shape index (κ3) is 5.07. The number of hydrogen-bond donors (Lipinski definition) is 2. The van der Waals surface area contributed by atoms with E-state index in [0.717, 1.165) is 17.7 Å². The van der Waals surface area contributed by atoms with E-state index in [0.29, 0.717) is 32.7 Å². The lowest BCUT2D eigenvalue weighted by Crippen LogP contribution is -2.46. The summed E-state index contributed by atoms with van der Waals surface area (Å²) in [7, 11) is 0. The fourth-order valence-electron chi connectivity index (χ4n) is 3.27. The molecule has 26 heavy (non-hydrogen) atoms. The number of hydrogen-bond acceptors (Lipinski definition) is 4. The van der Waals surface area contributed by atoms with Crippen molar-refractivity contribution < 1.29 is 19.7 Å². The van der Waals surface area contributed by atoms with Crippen molar-refractivity contribution in [3.05, 3.63) is 65.7 Å². The predicted molar refractivity (Wildman–Crippen MR) is 99.1 cm³/mol. The van der Waals surface area contributed by atoms with E-state index in [1.807, 2.05) is 42.5 Å². The van der Waals surface area contributed by atoms with Crippen molar-refractivity contribution in [2.24, 2.45) is 5.92 Å². The Bertz CT molecular complexity index is 702. The van der Waals surface area contributed by atoms with Crippen molar-refractivity contribution in [3.63, 3.8) is 0 Å². The molecule has 1 saturated heterocycles. The molecule has 0 aliphatic carbocycles. The molecule has 5 nitrogen and oxygen atoms in total. The van der Waals surface area contributed by atoms with Crippen molar-refractivity contribution in [2.75, 3.05) is 19.7 Å². The molecule has 1 aliphatic rings. The van der Waals surface area contributed by atoms with Gasteiger partial charge in [-0.2, -0.15) is 0 Å². The standard InChI is InChI=1S/C21H25NO4/c23-20-10-12-22(15-19(20)21(24)25)14-17-6-8-18(9-7-17)26-13-11-16-4-2-1-3-5-16/h1-9,19-20,23H,10-15H2,(H,24,25)/t19-,20+/m0/s1. The van der Waals surface area contributed by atoms with E-state index in [4.69, 9.17) is 4.74 Å². The van der Waals surface area contributed by atoms with E-state index in [1.165, 1.54) is 5.56 Å². The molecule has 138 valence electrons. The molecule has 0 unspecified atom stereocenters. The first-order valence-electron chi connectivity index (χ1n) is 9.01. The molecule has 1 fully saturated rings. The number of piperidine rings is 1. The maximum atomic E-state index is 11.2. The summed E-state index contributed by atoms with van der Waals surface area (Å²) >= 11 is 0. The Hall–Kier alpha value is -2.37. The van der Waals surface area contributed by atoms with Crippen LogP contribution >= 0.6 is 0 Å². The number of nitrogens with zero attached hydrogens (tertiary/aromatic N) is 1. The third-order valence-electron chi connectivity index (χ3n) is 4.81. The SMILES string of the molecule is O=C(O)[C@H]1CN(Cc2ccc(OCCc3ccccc3)cc2)CC[C@H]1O. The molecule has 1 aliphatic heterocycles. The van der Waals surface area contributed by atoms with Gasteiger partial charge in [0, 0.05) is 26.1 Å². The van der Waals surface area contributed by atoms with Crippen molar-refractivity contribution in [3.8, 4) is 5.75 Å². The predicted octanol–water partition coefficient (Wildman–Crippen LogP) is 2.58. The average Bonchev–Trinajstić information content (AvgIpc) is 2.65. The second-order valence-corrected chi connectivity index (χ2v) is 6.76. The summed E-state index contributed by atoms with van der Waals surface area (Å²) in [6.07, 6.45) is 0.622. The Morgan fingerprint density at radius 1 is 1.08 bits per heavy atom. The van der Waals surface area contributed by atoms with Crippen molar-refractivity contribution in [1.29, 1.82) is 0 Å². The average molecular weight is 355 g/mol. The summed E-state index contributed by atoms with van der Waals surface area (Å²) in [6.45, 7) is 2.40. The van der Waals surface area contributed by atoms with Crippen LogP contribution in [0.2, 0.25) is 0 Å². The molecule has 2 aromatic rings. The van der Waals surface area contributed by atoms with Gasteiger partial charge in [0.05, 0.1) is 18.6 Å². The second kappa shape index (κ2) is 8.83. The number of aliphatic carboxylic acids is 1. The molecule has 3 rings (SSSR count). The van der Waals surface area contributed by atoms with Crippen molar-refractivity contribution >= 4 is 5.97 Å². The van der Waals surface area contributed by atoms with Gasteiger partial charge in [-0.3, -0.25) is 9.69 Å². The fraction of sp³-hybridized carbons (Fsp3) is 0.381. The lowest BCUT2D eigenvalue weighted by molar-refractivity contribution is -0.149. The summed E-state index contributed by atoms with van der Waals surface area (Å²) in [5.74, 6) is -0.795. The van der Waals surface area contributed by atoms with Gasteiger partial charge in [0.25, 0.3) is 0 Å². The van der Waals surface area contributed by atoms with Gasteiger partial charge in [-0.25, -0.2) is 0 Å². The maximum absolute atomic E-state index is 11.2. The van der Waals surface area contributed by atoms with Gasteiger partial charge in [-0.15, -0.1) is 0 Å². The molecule has 0 bridgehead atoms. The molecule has 2 atom stereocenters. The Balaban J connectivity index is 1.47. The van der Waals surface area contributed by atoms with Gasteiger partial charge in [-0.05, 0) is 29.7 Å². The molecule has 2 aromatic carbocycles. The van der Waals surface area contributed by atoms with Gasteiger partial charge in [0.2, 0.25) is 0 Å². The monoisotopic (exact) mass is 355 g/mol. The highest BCUT2D eigenvalue weighted by Crippen LogP contribution is 2.21. The minimum Gasteiger partial charge on any atom is -0.493 e. The number of benzene rings is 2. The summed E-state index contributed by atoms with van der Waals surface area (Å²) < 4.78 is 5.79. The van der Waals surface area contributed by atoms with E-state index in [2.05, 4.69) is 17.0 Å². The van der Waals surface area contributed by atoms with Crippen LogP contribution in [0, 0.1) is 5.92 Å². The number of aliphatic hydroxyl groups excluding tert-OH is 1. The van der Waals surface area contributed by atoms with Crippen LogP contribution in [0.1, 0.15) is 17.5 Å². The Kier molecular flexibility index (Phi) is 6.26. The summed E-state index contributed by atoms with van der Waals surface area (Å²) in [4.78, 5) is 13.3. The lowest BCUT2D eigenvalue weighted by Gasteiger charge is -2.34. The minimum absolute atomic E-state index is 0.381. The van der Waals surface area contributed by atoms with Crippen LogP contribution in [0.4, 0.5) is 0 Å². The highest BCUT2D eigenvalue weighted by atomic mass is 16.5. The molecule has 1 heterocycles. The van der Waals surface area contributed by atoms with E-state index in [-0.39, 0.29) is 0 Å². The van der Waals surface area contributed by atoms with Gasteiger partial charge in [0.1, 0.15) is 5.75 Å². The van der Waals surface area contributed by atoms with Gasteiger partial charge in [-0.1, -0.05) is 42.5 Å². The van der Waals surface area contributed by atoms with Crippen LogP contribution in [0.3, 0.4) is 0 Å². The van der Waals surface area contributed by atoms with Crippen LogP contribution in [-0.4, -0.2) is 46.9 Å². The Labute approximate surface area is 153 Å². The first-order valence-corrected chi connectivity index (χ1v) is 9.01. The molecule has 0 spiro atoms. The smallest absolute Gasteiger partial charge is 0.310 e. The number of aliphatic hydroxyl groups is 1. The number of ether oxygens (including phenoxy) is 1. The van der Waals surface area contributed by atoms with Crippen LogP contribution in [0.5, 0.6) is 5.75 Å². The molecule has 0 saturated carbocycles. The Morgan fingerprint density at radius 3 is 2.50 bits per heavy atom.